The normalized spacial score (nSPS) is 12.3. The molecule has 21 heavy (non-hydrogen) atoms. The van der Waals surface area contributed by atoms with Crippen LogP contribution in [0.25, 0.3) is 11.3 Å². The topological polar surface area (TPSA) is 54.7 Å². The molecule has 0 aliphatic carbocycles. The van der Waals surface area contributed by atoms with Crippen molar-refractivity contribution in [2.75, 3.05) is 0 Å². The van der Waals surface area contributed by atoms with E-state index in [0.29, 0.717) is 17.1 Å². The van der Waals surface area contributed by atoms with Gasteiger partial charge in [-0.3, -0.25) is 0 Å². The summed E-state index contributed by atoms with van der Waals surface area (Å²) >= 11 is 0. The number of nitrogens with zero attached hydrogens (tertiary/aromatic N) is 1. The lowest BCUT2D eigenvalue weighted by atomic mass is 10.1. The zero-order valence-electron chi connectivity index (χ0n) is 11.1. The number of hydrogen-bond donors (Lipinski definition) is 2. The molecule has 0 saturated heterocycles. The van der Waals surface area contributed by atoms with Gasteiger partial charge in [0.1, 0.15) is 5.82 Å². The number of imidazole rings is 1. The van der Waals surface area contributed by atoms with Gasteiger partial charge in [-0.05, 0) is 23.8 Å². The highest BCUT2D eigenvalue weighted by molar-refractivity contribution is 5.58. The molecule has 0 saturated carbocycles. The maximum absolute atomic E-state index is 13.3. The molecule has 3 aromatic rings. The number of benzene rings is 2. The minimum Gasteiger partial charge on any atom is -0.340 e. The van der Waals surface area contributed by atoms with Gasteiger partial charge in [0.25, 0.3) is 0 Å². The molecule has 1 unspecified atom stereocenters. The van der Waals surface area contributed by atoms with E-state index in [-0.39, 0.29) is 0 Å². The van der Waals surface area contributed by atoms with Crippen molar-refractivity contribution in [1.82, 2.24) is 9.97 Å². The smallest absolute Gasteiger partial charge is 0.159 e. The summed E-state index contributed by atoms with van der Waals surface area (Å²) in [5.41, 5.74) is 8.17. The molecule has 1 heterocycles. The van der Waals surface area contributed by atoms with Crippen LogP contribution in [0.3, 0.4) is 0 Å². The van der Waals surface area contributed by atoms with Crippen LogP contribution in [-0.4, -0.2) is 9.97 Å². The first-order valence-electron chi connectivity index (χ1n) is 6.46. The molecule has 1 aromatic heterocycles. The highest BCUT2D eigenvalue weighted by Gasteiger charge is 2.13. The van der Waals surface area contributed by atoms with Crippen LogP contribution in [0.1, 0.15) is 17.4 Å². The fourth-order valence-corrected chi connectivity index (χ4v) is 2.12. The third-order valence-corrected chi connectivity index (χ3v) is 3.28. The summed E-state index contributed by atoms with van der Waals surface area (Å²) in [5, 5.41) is 0. The fourth-order valence-electron chi connectivity index (χ4n) is 2.12. The number of nitrogens with two attached hydrogens (primary N) is 1. The van der Waals surface area contributed by atoms with E-state index in [4.69, 9.17) is 5.73 Å². The number of H-pyrrole nitrogens is 1. The van der Waals surface area contributed by atoms with Gasteiger partial charge in [0.05, 0.1) is 17.9 Å². The molecule has 0 aliphatic rings. The zero-order valence-corrected chi connectivity index (χ0v) is 11.1. The van der Waals surface area contributed by atoms with Crippen molar-refractivity contribution >= 4 is 0 Å². The van der Waals surface area contributed by atoms with Gasteiger partial charge < -0.3 is 10.7 Å². The average Bonchev–Trinajstić information content (AvgIpc) is 3.00. The van der Waals surface area contributed by atoms with Gasteiger partial charge in [0.15, 0.2) is 11.6 Å². The Kier molecular flexibility index (Phi) is 3.50. The SMILES string of the molecule is NC(c1ccccc1)c1ncc(-c2ccc(F)c(F)c2)[nH]1. The van der Waals surface area contributed by atoms with Crippen molar-refractivity contribution in [3.8, 4) is 11.3 Å². The Morgan fingerprint density at radius 3 is 2.48 bits per heavy atom. The van der Waals surface area contributed by atoms with Crippen molar-refractivity contribution < 1.29 is 8.78 Å². The summed E-state index contributed by atoms with van der Waals surface area (Å²) in [4.78, 5) is 7.27. The van der Waals surface area contributed by atoms with Gasteiger partial charge >= 0.3 is 0 Å². The Hall–Kier alpha value is -2.53. The second kappa shape index (κ2) is 5.46. The van der Waals surface area contributed by atoms with Gasteiger partial charge in [-0.1, -0.05) is 30.3 Å². The Morgan fingerprint density at radius 1 is 1.00 bits per heavy atom. The zero-order chi connectivity index (χ0) is 14.8. The third kappa shape index (κ3) is 2.68. The molecule has 0 aliphatic heterocycles. The highest BCUT2D eigenvalue weighted by Crippen LogP contribution is 2.23. The third-order valence-electron chi connectivity index (χ3n) is 3.28. The largest absolute Gasteiger partial charge is 0.340 e. The summed E-state index contributed by atoms with van der Waals surface area (Å²) in [5.74, 6) is -1.20. The first-order chi connectivity index (χ1) is 10.1. The monoisotopic (exact) mass is 285 g/mol. The molecule has 0 fully saturated rings. The predicted molar refractivity (Wildman–Crippen MR) is 76.4 cm³/mol. The van der Waals surface area contributed by atoms with Crippen molar-refractivity contribution in [2.24, 2.45) is 5.73 Å². The molecular weight excluding hydrogens is 272 g/mol. The molecule has 0 radical (unpaired) electrons. The van der Waals surface area contributed by atoms with E-state index in [1.165, 1.54) is 6.07 Å². The lowest BCUT2D eigenvalue weighted by molar-refractivity contribution is 0.509. The van der Waals surface area contributed by atoms with E-state index in [1.807, 2.05) is 30.3 Å². The van der Waals surface area contributed by atoms with Gasteiger partial charge in [-0.15, -0.1) is 0 Å². The Bertz CT molecular complexity index is 753. The molecule has 106 valence electrons. The first-order valence-corrected chi connectivity index (χ1v) is 6.46. The molecular formula is C16H13F2N3. The summed E-state index contributed by atoms with van der Waals surface area (Å²) in [6.07, 6.45) is 1.56. The lowest BCUT2D eigenvalue weighted by Gasteiger charge is -2.08. The lowest BCUT2D eigenvalue weighted by Crippen LogP contribution is -2.13. The van der Waals surface area contributed by atoms with Crippen molar-refractivity contribution in [3.63, 3.8) is 0 Å². The molecule has 3 N–H and O–H groups in total. The Labute approximate surface area is 120 Å². The van der Waals surface area contributed by atoms with Crippen molar-refractivity contribution in [1.29, 1.82) is 0 Å². The van der Waals surface area contributed by atoms with Gasteiger partial charge in [0.2, 0.25) is 0 Å². The molecule has 5 heteroatoms. The minimum absolute atomic E-state index is 0.398. The van der Waals surface area contributed by atoms with E-state index in [2.05, 4.69) is 9.97 Å². The van der Waals surface area contributed by atoms with Gasteiger partial charge in [-0.25, -0.2) is 13.8 Å². The number of halogens is 2. The maximum atomic E-state index is 13.3. The van der Waals surface area contributed by atoms with Crippen LogP contribution in [0.5, 0.6) is 0 Å². The Balaban J connectivity index is 1.91. The van der Waals surface area contributed by atoms with Crippen molar-refractivity contribution in [2.45, 2.75) is 6.04 Å². The quantitative estimate of drug-likeness (QED) is 0.775. The van der Waals surface area contributed by atoms with Crippen LogP contribution in [0, 0.1) is 11.6 Å². The second-order valence-electron chi connectivity index (χ2n) is 4.70. The van der Waals surface area contributed by atoms with E-state index in [1.54, 1.807) is 6.20 Å². The number of nitrogens with one attached hydrogen (secondary N) is 1. The molecule has 0 spiro atoms. The number of hydrogen-bond acceptors (Lipinski definition) is 2. The van der Waals surface area contributed by atoms with Crippen LogP contribution in [-0.2, 0) is 0 Å². The fraction of sp³-hybridized carbons (Fsp3) is 0.0625. The number of aromatic amines is 1. The molecule has 3 nitrogen and oxygen atoms in total. The van der Waals surface area contributed by atoms with E-state index >= 15 is 0 Å². The second-order valence-corrected chi connectivity index (χ2v) is 4.70. The minimum atomic E-state index is -0.893. The van der Waals surface area contributed by atoms with Crippen LogP contribution in [0.4, 0.5) is 8.78 Å². The molecule has 1 atom stereocenters. The maximum Gasteiger partial charge on any atom is 0.159 e. The molecule has 3 rings (SSSR count). The van der Waals surface area contributed by atoms with Crippen LogP contribution in [0.2, 0.25) is 0 Å². The van der Waals surface area contributed by atoms with Gasteiger partial charge in [-0.2, -0.15) is 0 Å². The molecule has 2 aromatic carbocycles. The Morgan fingerprint density at radius 2 is 1.76 bits per heavy atom. The van der Waals surface area contributed by atoms with Gasteiger partial charge in [0, 0.05) is 5.56 Å². The summed E-state index contributed by atoms with van der Waals surface area (Å²) < 4.78 is 26.2. The summed E-state index contributed by atoms with van der Waals surface area (Å²) in [6, 6.07) is 12.8. The van der Waals surface area contributed by atoms with E-state index in [9.17, 15) is 8.78 Å². The summed E-state index contributed by atoms with van der Waals surface area (Å²) in [6.45, 7) is 0. The van der Waals surface area contributed by atoms with E-state index in [0.717, 1.165) is 17.7 Å². The highest BCUT2D eigenvalue weighted by atomic mass is 19.2. The van der Waals surface area contributed by atoms with Crippen molar-refractivity contribution in [3.05, 3.63) is 77.8 Å². The number of aromatic nitrogens is 2. The number of rotatable bonds is 3. The average molecular weight is 285 g/mol. The molecule has 0 bridgehead atoms. The summed E-state index contributed by atoms with van der Waals surface area (Å²) in [7, 11) is 0. The molecule has 0 amide bonds. The predicted octanol–water partition coefficient (Wildman–Crippen LogP) is 3.40. The van der Waals surface area contributed by atoms with Crippen LogP contribution >= 0.6 is 0 Å². The van der Waals surface area contributed by atoms with Crippen LogP contribution < -0.4 is 5.73 Å². The van der Waals surface area contributed by atoms with E-state index < -0.39 is 17.7 Å². The van der Waals surface area contributed by atoms with Crippen LogP contribution in [0.15, 0.2) is 54.7 Å². The standard InChI is InChI=1S/C16H13F2N3/c17-12-7-6-11(8-13(12)18)14-9-20-16(21-14)15(19)10-4-2-1-3-5-10/h1-9,15H,19H2,(H,20,21). The first kappa shape index (κ1) is 13.5.